The van der Waals surface area contributed by atoms with Gasteiger partial charge in [-0.1, -0.05) is 0 Å². The lowest BCUT2D eigenvalue weighted by atomic mass is 10.2. The molecule has 0 aromatic rings. The fraction of sp³-hybridized carbons (Fsp3) is 0.857. The van der Waals surface area contributed by atoms with Crippen molar-refractivity contribution in [2.75, 3.05) is 6.54 Å². The third kappa shape index (κ3) is 219. The van der Waals surface area contributed by atoms with E-state index >= 15 is 0 Å². The van der Waals surface area contributed by atoms with Crippen LogP contribution in [0.4, 0.5) is 56.6 Å². The molecule has 0 spiro atoms. The Morgan fingerprint density at radius 2 is 0.960 bits per heavy atom. The molecule has 0 radical (unpaired) electrons. The number of carbonyl (C=O) groups is 1. The molecule has 156 valence electrons. The van der Waals surface area contributed by atoms with Gasteiger partial charge < -0.3 is 61.8 Å². The van der Waals surface area contributed by atoms with Crippen molar-refractivity contribution >= 4 is 27.9 Å². The van der Waals surface area contributed by atoms with E-state index < -0.39 is 21.8 Å². The van der Waals surface area contributed by atoms with Crippen LogP contribution in [0.5, 0.6) is 0 Å². The van der Waals surface area contributed by atoms with E-state index in [9.17, 15) is 56.6 Å². The molecule has 25 heavy (non-hydrogen) atoms. The highest BCUT2D eigenvalue weighted by Gasteiger charge is 2.21. The van der Waals surface area contributed by atoms with Gasteiger partial charge in [0.2, 0.25) is 0 Å². The van der Waals surface area contributed by atoms with Gasteiger partial charge in [0.05, 0.1) is 0 Å². The first-order valence-corrected chi connectivity index (χ1v) is 6.04. The summed E-state index contributed by atoms with van der Waals surface area (Å²) in [6, 6.07) is 0. The van der Waals surface area contributed by atoms with Gasteiger partial charge in [-0.15, -0.1) is 0 Å². The van der Waals surface area contributed by atoms with Crippen molar-refractivity contribution in [2.45, 2.75) is 33.3 Å². The number of amides is 1. The van der Waals surface area contributed by atoms with Crippen molar-refractivity contribution in [3.8, 4) is 0 Å². The molecule has 1 N–H and O–H groups in total. The Hall–Kier alpha value is -1.38. The number of nitrogens with one attached hydrogen (secondary N) is 1. The van der Waals surface area contributed by atoms with Crippen LogP contribution in [0.3, 0.4) is 0 Å². The van der Waals surface area contributed by atoms with E-state index in [-0.39, 0.29) is 11.7 Å². The summed E-state index contributed by atoms with van der Waals surface area (Å²) in [7, 11) is -18.0. The molecule has 0 heterocycles. The normalized spacial score (nSPS) is 11.5. The molecular weight excluding hydrogens is 390 g/mol. The minimum Gasteiger partial charge on any atom is -0.444 e. The topological polar surface area (TPSA) is 38.3 Å². The molecule has 0 saturated carbocycles. The van der Waals surface area contributed by atoms with Crippen molar-refractivity contribution < 1.29 is 61.3 Å². The quantitative estimate of drug-likeness (QED) is 0.466. The number of carbonyl (C=O) groups excluding carboxylic acids is 1. The van der Waals surface area contributed by atoms with Gasteiger partial charge in [-0.3, -0.25) is 0 Å². The number of hydrogen-bond acceptors (Lipinski definition) is 2. The van der Waals surface area contributed by atoms with E-state index in [1.54, 1.807) is 0 Å². The summed E-state index contributed by atoms with van der Waals surface area (Å²) in [4.78, 5) is 10.7. The van der Waals surface area contributed by atoms with Crippen LogP contribution in [-0.4, -0.2) is 40.0 Å². The predicted octanol–water partition coefficient (Wildman–Crippen LogP) is 5.43. The van der Waals surface area contributed by atoms with Crippen LogP contribution in [-0.2, 0) is 4.74 Å². The van der Waals surface area contributed by atoms with Crippen LogP contribution in [0.1, 0.15) is 27.7 Å². The zero-order valence-corrected chi connectivity index (χ0v) is 13.3. The molecule has 3 nitrogen and oxygen atoms in total. The number of rotatable bonds is 1. The van der Waals surface area contributed by atoms with Crippen molar-refractivity contribution in [1.29, 1.82) is 0 Å². The van der Waals surface area contributed by atoms with E-state index in [1.807, 2.05) is 27.7 Å². The van der Waals surface area contributed by atoms with E-state index in [1.165, 1.54) is 0 Å². The smallest absolute Gasteiger partial charge is 0.444 e. The molecule has 1 amide bonds. The second kappa shape index (κ2) is 12.9. The summed E-state index contributed by atoms with van der Waals surface area (Å²) in [5, 5.41) is 2.54. The van der Waals surface area contributed by atoms with Gasteiger partial charge in [0, 0.05) is 6.54 Å². The fourth-order valence-electron chi connectivity index (χ4n) is 0.459. The van der Waals surface area contributed by atoms with E-state index in [2.05, 4.69) is 5.32 Å². The first-order valence-electron chi connectivity index (χ1n) is 6.04. The summed E-state index contributed by atoms with van der Waals surface area (Å²) >= 11 is 0. The second-order valence-electron chi connectivity index (χ2n) is 4.52. The van der Waals surface area contributed by atoms with Gasteiger partial charge in [-0.05, 0) is 27.7 Å². The van der Waals surface area contributed by atoms with Gasteiger partial charge >= 0.3 is 27.9 Å². The molecule has 0 aromatic heterocycles. The first kappa shape index (κ1) is 31.4. The minimum atomic E-state index is -6.00. The molecule has 0 fully saturated rings. The molecule has 0 aliphatic heterocycles. The summed E-state index contributed by atoms with van der Waals surface area (Å²) in [6.07, 6.45) is -0.352. The van der Waals surface area contributed by atoms with Crippen LogP contribution in [0.2, 0.25) is 0 Å². The number of hydrogen-bond donors (Lipinski definition) is 1. The Morgan fingerprint density at radius 1 is 0.760 bits per heavy atom. The van der Waals surface area contributed by atoms with Gasteiger partial charge in [0.25, 0.3) is 0 Å². The maximum absolute atomic E-state index is 10.7. The Morgan fingerprint density at radius 3 is 1.08 bits per heavy atom. The van der Waals surface area contributed by atoms with Gasteiger partial charge in [-0.25, -0.2) is 4.79 Å². The van der Waals surface area contributed by atoms with Crippen molar-refractivity contribution in [1.82, 2.24) is 5.32 Å². The average Bonchev–Trinajstić information content (AvgIpc) is 2.04. The summed E-state index contributed by atoms with van der Waals surface area (Å²) in [5.41, 5.74) is -0.390. The first-order chi connectivity index (χ1) is 10.5. The zero-order valence-electron chi connectivity index (χ0n) is 13.3. The van der Waals surface area contributed by atoms with Crippen LogP contribution < -0.4 is 5.32 Å². The Labute approximate surface area is 135 Å². The van der Waals surface area contributed by atoms with Crippen molar-refractivity contribution in [3.63, 3.8) is 0 Å². The van der Waals surface area contributed by atoms with Gasteiger partial charge in [-0.2, -0.15) is 0 Å². The second-order valence-corrected chi connectivity index (χ2v) is 4.52. The molecule has 0 bridgehead atoms. The Balaban J connectivity index is -0.000000126. The van der Waals surface area contributed by atoms with Crippen LogP contribution in [0, 0.1) is 0 Å². The summed E-state index contributed by atoms with van der Waals surface area (Å²) in [6.45, 7) is 7.96. The van der Waals surface area contributed by atoms with Crippen LogP contribution in [0.25, 0.3) is 0 Å². The van der Waals surface area contributed by atoms with E-state index in [4.69, 9.17) is 4.74 Å². The molecule has 0 atom stereocenters. The zero-order chi connectivity index (χ0) is 21.7. The third-order valence-corrected chi connectivity index (χ3v) is 0.720. The van der Waals surface area contributed by atoms with Crippen molar-refractivity contribution in [3.05, 3.63) is 0 Å². The molecule has 0 rings (SSSR count). The van der Waals surface area contributed by atoms with Gasteiger partial charge in [0.1, 0.15) is 5.60 Å². The molecule has 0 aliphatic rings. The molecule has 0 aliphatic carbocycles. The molecule has 0 unspecified atom stereocenters. The largest absolute Gasteiger partial charge is 0.673 e. The van der Waals surface area contributed by atoms with Crippen LogP contribution >= 0.6 is 0 Å². The number of halogens is 12. The van der Waals surface area contributed by atoms with E-state index in [0.717, 1.165) is 0 Å². The molecule has 0 aromatic carbocycles. The fourth-order valence-corrected chi connectivity index (χ4v) is 0.459. The highest BCUT2D eigenvalue weighted by atomic mass is 19.5. The monoisotopic (exact) mass is 406 g/mol. The van der Waals surface area contributed by atoms with Gasteiger partial charge in [0.15, 0.2) is 0 Å². The number of alkyl carbamates (subject to hydrolysis) is 1. The predicted molar refractivity (Wildman–Crippen MR) is 70.5 cm³/mol. The Bertz CT molecular complexity index is 291. The lowest BCUT2D eigenvalue weighted by molar-refractivity contribution is 0.0530. The number of ether oxygens (including phenoxy) is 1. The minimum absolute atomic E-state index is 0.352. The summed E-state index contributed by atoms with van der Waals surface area (Å²) < 4.78 is 122. The maximum Gasteiger partial charge on any atom is 0.673 e. The molecular formula is C7H15B3F12NO2-3. The maximum atomic E-state index is 10.7. The standard InChI is InChI=1S/C7H15NO2.3BF4/c1-5-8-6(9)10-7(2,3)4;3*2-1(3,4)5/h5H2,1-4H3,(H,8,9);;;/q;3*-1. The van der Waals surface area contributed by atoms with Crippen molar-refractivity contribution in [2.24, 2.45) is 0 Å². The SMILES string of the molecule is CCNC(=O)OC(C)(C)C.F[B-](F)(F)F.F[B-](F)(F)F.F[B-](F)(F)F. The lowest BCUT2D eigenvalue weighted by Crippen LogP contribution is -2.32. The van der Waals surface area contributed by atoms with E-state index in [0.29, 0.717) is 6.54 Å². The molecule has 18 heteroatoms. The highest BCUT2D eigenvalue weighted by molar-refractivity contribution is 6.50. The Kier molecular flexibility index (Phi) is 16.2. The lowest BCUT2D eigenvalue weighted by Gasteiger charge is -2.19. The third-order valence-electron chi connectivity index (χ3n) is 0.720. The average molecular weight is 406 g/mol. The van der Waals surface area contributed by atoms with Crippen LogP contribution in [0.15, 0.2) is 0 Å². The summed E-state index contributed by atoms with van der Waals surface area (Å²) in [5.74, 6) is 0. The highest BCUT2D eigenvalue weighted by Crippen LogP contribution is 2.08. The molecule has 0 saturated heterocycles.